The summed E-state index contributed by atoms with van der Waals surface area (Å²) in [4.78, 5) is 15.9. The van der Waals surface area contributed by atoms with Gasteiger partial charge in [-0.2, -0.15) is 8.78 Å². The average Bonchev–Trinajstić information content (AvgIpc) is 2.91. The molecule has 2 aromatic carbocycles. The predicted molar refractivity (Wildman–Crippen MR) is 81.5 cm³/mol. The fraction of sp³-hybridized carbons (Fsp3) is 0.125. The van der Waals surface area contributed by atoms with Gasteiger partial charge in [0.05, 0.1) is 16.6 Å². The molecule has 0 amide bonds. The first-order valence-electron chi connectivity index (χ1n) is 6.83. The predicted octanol–water partition coefficient (Wildman–Crippen LogP) is 4.58. The van der Waals surface area contributed by atoms with Gasteiger partial charge in [0.2, 0.25) is 0 Å². The van der Waals surface area contributed by atoms with Crippen molar-refractivity contribution in [2.45, 2.75) is 13.2 Å². The molecule has 0 aliphatic carbocycles. The highest BCUT2D eigenvalue weighted by Gasteiger charge is 2.20. The summed E-state index contributed by atoms with van der Waals surface area (Å²) in [5.74, 6) is -1.97. The summed E-state index contributed by atoms with van der Waals surface area (Å²) in [6.07, 6.45) is 0. The molecule has 3 rings (SSSR count). The summed E-state index contributed by atoms with van der Waals surface area (Å²) in [5.41, 5.74) is 0.233. The number of para-hydroxylation sites is 2. The Morgan fingerprint density at radius 1 is 1.25 bits per heavy atom. The zero-order valence-electron chi connectivity index (χ0n) is 12.0. The van der Waals surface area contributed by atoms with Crippen LogP contribution in [0, 0.1) is 5.82 Å². The number of imidazole rings is 1. The van der Waals surface area contributed by atoms with E-state index < -0.39 is 24.9 Å². The van der Waals surface area contributed by atoms with Gasteiger partial charge in [0.15, 0.2) is 5.82 Å². The maximum absolute atomic E-state index is 13.7. The Balaban J connectivity index is 1.85. The summed E-state index contributed by atoms with van der Waals surface area (Å²) in [7, 11) is 0. The van der Waals surface area contributed by atoms with Crippen LogP contribution in [0.25, 0.3) is 11.0 Å². The van der Waals surface area contributed by atoms with E-state index in [4.69, 9.17) is 16.3 Å². The quantitative estimate of drug-likeness (QED) is 0.644. The molecule has 24 heavy (non-hydrogen) atoms. The maximum Gasteiger partial charge on any atom is 0.341 e. The lowest BCUT2D eigenvalue weighted by molar-refractivity contribution is 0.0383. The normalized spacial score (nSPS) is 11.2. The molecule has 0 bridgehead atoms. The number of carbonyl (C=O) groups excluding carboxylic acids is 1. The fourth-order valence-electron chi connectivity index (χ4n) is 2.28. The summed E-state index contributed by atoms with van der Waals surface area (Å²) >= 11 is 5.61. The lowest BCUT2D eigenvalue weighted by Crippen LogP contribution is -2.11. The van der Waals surface area contributed by atoms with Gasteiger partial charge in [0.25, 0.3) is 0 Å². The highest BCUT2D eigenvalue weighted by Crippen LogP contribution is 2.24. The lowest BCUT2D eigenvalue weighted by Gasteiger charge is -2.09. The van der Waals surface area contributed by atoms with Crippen molar-refractivity contribution < 1.29 is 22.7 Å². The van der Waals surface area contributed by atoms with Crippen molar-refractivity contribution in [2.75, 3.05) is 0 Å². The first kappa shape index (κ1) is 16.3. The van der Waals surface area contributed by atoms with Gasteiger partial charge in [0, 0.05) is 5.02 Å². The Hall–Kier alpha value is -2.54. The van der Waals surface area contributed by atoms with E-state index in [0.29, 0.717) is 10.1 Å². The Kier molecular flexibility index (Phi) is 4.44. The number of carbonyl (C=O) groups is 1. The molecule has 0 N–H and O–H groups in total. The number of fused-ring (bicyclic) bond motifs is 1. The summed E-state index contributed by atoms with van der Waals surface area (Å²) in [6.45, 7) is -3.36. The molecule has 0 radical (unpaired) electrons. The van der Waals surface area contributed by atoms with Gasteiger partial charge >= 0.3 is 12.5 Å². The second kappa shape index (κ2) is 6.52. The molecule has 8 heteroatoms. The van der Waals surface area contributed by atoms with E-state index in [1.54, 1.807) is 18.2 Å². The molecular formula is C16H10ClF3N2O2. The second-order valence-corrected chi connectivity index (χ2v) is 5.30. The second-order valence-electron chi connectivity index (χ2n) is 4.86. The number of benzene rings is 2. The smallest absolute Gasteiger partial charge is 0.341 e. The van der Waals surface area contributed by atoms with E-state index in [2.05, 4.69) is 4.98 Å². The Morgan fingerprint density at radius 3 is 2.71 bits per heavy atom. The van der Waals surface area contributed by atoms with Gasteiger partial charge in [0.1, 0.15) is 12.4 Å². The molecule has 3 aromatic rings. The fourth-order valence-corrected chi connectivity index (χ4v) is 2.44. The number of nitrogens with zero attached hydrogens (tertiary/aromatic N) is 2. The molecule has 0 spiro atoms. The monoisotopic (exact) mass is 354 g/mol. The Bertz CT molecular complexity index is 911. The maximum atomic E-state index is 13.7. The molecule has 0 fully saturated rings. The van der Waals surface area contributed by atoms with E-state index in [1.165, 1.54) is 12.1 Å². The number of aromatic nitrogens is 2. The topological polar surface area (TPSA) is 44.1 Å². The van der Waals surface area contributed by atoms with Crippen LogP contribution >= 0.6 is 11.6 Å². The van der Waals surface area contributed by atoms with Gasteiger partial charge < -0.3 is 4.74 Å². The Labute approximate surface area is 139 Å². The molecule has 0 aliphatic heterocycles. The van der Waals surface area contributed by atoms with E-state index in [-0.39, 0.29) is 21.9 Å². The number of hydrogen-bond donors (Lipinski definition) is 0. The van der Waals surface area contributed by atoms with Crippen LogP contribution in [0.5, 0.6) is 0 Å². The molecule has 0 aliphatic rings. The van der Waals surface area contributed by atoms with Gasteiger partial charge in [-0.3, -0.25) is 4.57 Å². The molecule has 1 aromatic heterocycles. The van der Waals surface area contributed by atoms with Crippen LogP contribution in [0.4, 0.5) is 13.2 Å². The lowest BCUT2D eigenvalue weighted by atomic mass is 10.2. The van der Waals surface area contributed by atoms with Crippen molar-refractivity contribution in [3.8, 4) is 0 Å². The van der Waals surface area contributed by atoms with E-state index in [1.807, 2.05) is 0 Å². The first-order chi connectivity index (χ1) is 11.5. The molecule has 0 unspecified atom stereocenters. The van der Waals surface area contributed by atoms with E-state index in [0.717, 1.165) is 12.1 Å². The molecular weight excluding hydrogens is 345 g/mol. The van der Waals surface area contributed by atoms with Gasteiger partial charge in [-0.05, 0) is 30.3 Å². The largest absolute Gasteiger partial charge is 0.454 e. The number of rotatable bonds is 4. The molecule has 1 heterocycles. The SMILES string of the molecule is O=C(OCc1nc2ccccc2n1C(F)F)c1ccc(Cl)cc1F. The minimum Gasteiger partial charge on any atom is -0.454 e. The third kappa shape index (κ3) is 3.07. The molecule has 124 valence electrons. The average molecular weight is 355 g/mol. The number of hydrogen-bond acceptors (Lipinski definition) is 3. The zero-order chi connectivity index (χ0) is 17.3. The number of halogens is 4. The summed E-state index contributed by atoms with van der Waals surface area (Å²) in [5, 5.41) is 0.128. The van der Waals surface area contributed by atoms with Gasteiger partial charge in [-0.25, -0.2) is 14.2 Å². The van der Waals surface area contributed by atoms with Crippen LogP contribution in [0.2, 0.25) is 5.02 Å². The molecule has 4 nitrogen and oxygen atoms in total. The van der Waals surface area contributed by atoms with Crippen LogP contribution in [0.15, 0.2) is 42.5 Å². The van der Waals surface area contributed by atoms with Crippen LogP contribution in [0.1, 0.15) is 22.7 Å². The molecule has 0 saturated heterocycles. The molecule has 0 atom stereocenters. The third-order valence-corrected chi connectivity index (χ3v) is 3.58. The van der Waals surface area contributed by atoms with Crippen LogP contribution in [-0.4, -0.2) is 15.5 Å². The molecule has 0 saturated carbocycles. The Morgan fingerprint density at radius 2 is 2.00 bits per heavy atom. The first-order valence-corrected chi connectivity index (χ1v) is 7.21. The van der Waals surface area contributed by atoms with Crippen molar-refractivity contribution in [3.63, 3.8) is 0 Å². The van der Waals surface area contributed by atoms with E-state index in [9.17, 15) is 18.0 Å². The number of esters is 1. The van der Waals surface area contributed by atoms with Crippen LogP contribution in [0.3, 0.4) is 0 Å². The highest BCUT2D eigenvalue weighted by molar-refractivity contribution is 6.30. The van der Waals surface area contributed by atoms with Crippen LogP contribution < -0.4 is 0 Å². The van der Waals surface area contributed by atoms with E-state index >= 15 is 0 Å². The van der Waals surface area contributed by atoms with Crippen molar-refractivity contribution in [1.82, 2.24) is 9.55 Å². The minimum atomic E-state index is -2.85. The van der Waals surface area contributed by atoms with Crippen molar-refractivity contribution in [2.24, 2.45) is 0 Å². The number of ether oxygens (including phenoxy) is 1. The summed E-state index contributed by atoms with van der Waals surface area (Å²) in [6, 6.07) is 9.77. The summed E-state index contributed by atoms with van der Waals surface area (Å²) < 4.78 is 45.8. The number of alkyl halides is 2. The van der Waals surface area contributed by atoms with Crippen LogP contribution in [-0.2, 0) is 11.3 Å². The van der Waals surface area contributed by atoms with Crippen molar-refractivity contribution in [1.29, 1.82) is 0 Å². The zero-order valence-corrected chi connectivity index (χ0v) is 12.8. The minimum absolute atomic E-state index is 0.128. The van der Waals surface area contributed by atoms with Crippen molar-refractivity contribution in [3.05, 3.63) is 64.7 Å². The highest BCUT2D eigenvalue weighted by atomic mass is 35.5. The van der Waals surface area contributed by atoms with Crippen molar-refractivity contribution >= 4 is 28.6 Å². The standard InChI is InChI=1S/C16H10ClF3N2O2/c17-9-5-6-10(11(18)7-9)15(23)24-8-14-21-12-3-1-2-4-13(12)22(14)16(19)20/h1-7,16H,8H2. The van der Waals surface area contributed by atoms with Gasteiger partial charge in [-0.15, -0.1) is 0 Å². The van der Waals surface area contributed by atoms with Gasteiger partial charge in [-0.1, -0.05) is 23.7 Å². The third-order valence-electron chi connectivity index (χ3n) is 3.35.